The molecule has 3 N–H and O–H groups in total. The van der Waals surface area contributed by atoms with Gasteiger partial charge in [0.15, 0.2) is 0 Å². The summed E-state index contributed by atoms with van der Waals surface area (Å²) in [5.41, 5.74) is 7.37. The maximum Gasteiger partial charge on any atom is 0.144 e. The van der Waals surface area contributed by atoms with Crippen LogP contribution in [0.5, 0.6) is 5.75 Å². The van der Waals surface area contributed by atoms with Gasteiger partial charge in [-0.15, -0.1) is 0 Å². The van der Waals surface area contributed by atoms with E-state index in [1.807, 2.05) is 32.0 Å². The fraction of sp³-hybridized carbons (Fsp3) is 0.500. The summed E-state index contributed by atoms with van der Waals surface area (Å²) in [7, 11) is -0.777. The lowest BCUT2D eigenvalue weighted by atomic mass is 10.2. The number of nitrogen functional groups attached to an aromatic ring is 1. The van der Waals surface area contributed by atoms with Gasteiger partial charge in [-0.05, 0) is 26.0 Å². The van der Waals surface area contributed by atoms with Crippen molar-refractivity contribution in [2.75, 3.05) is 29.6 Å². The van der Waals surface area contributed by atoms with Gasteiger partial charge in [-0.25, -0.2) is 0 Å². The maximum absolute atomic E-state index is 10.9. The average Bonchev–Trinajstić information content (AvgIpc) is 2.21. The van der Waals surface area contributed by atoms with Gasteiger partial charge in [-0.3, -0.25) is 4.21 Å². The molecule has 0 amide bonds. The summed E-state index contributed by atoms with van der Waals surface area (Å²) >= 11 is 0. The van der Waals surface area contributed by atoms with E-state index in [1.54, 1.807) is 6.26 Å². The molecule has 0 saturated heterocycles. The Morgan fingerprint density at radius 3 is 2.76 bits per heavy atom. The SMILES string of the molecule is CC(C)Oc1cc(NCCS(C)=O)ccc1N. The quantitative estimate of drug-likeness (QED) is 0.762. The molecule has 0 aliphatic carbocycles. The standard InChI is InChI=1S/C12H20N2O2S/c1-9(2)16-12-8-10(4-5-11(12)13)14-6-7-17(3)15/h4-5,8-9,14H,6-7,13H2,1-3H3. The second kappa shape index (κ2) is 6.49. The lowest BCUT2D eigenvalue weighted by Crippen LogP contribution is -2.11. The Balaban J connectivity index is 2.64. The molecular formula is C12H20N2O2S. The van der Waals surface area contributed by atoms with Crippen LogP contribution < -0.4 is 15.8 Å². The number of hydrogen-bond donors (Lipinski definition) is 2. The van der Waals surface area contributed by atoms with E-state index in [9.17, 15) is 4.21 Å². The summed E-state index contributed by atoms with van der Waals surface area (Å²) in [5.74, 6) is 1.31. The number of ether oxygens (including phenoxy) is 1. The predicted octanol–water partition coefficient (Wildman–Crippen LogP) is 1.85. The van der Waals surface area contributed by atoms with Crippen LogP contribution in [0.2, 0.25) is 0 Å². The average molecular weight is 256 g/mol. The van der Waals surface area contributed by atoms with E-state index in [-0.39, 0.29) is 6.10 Å². The van der Waals surface area contributed by atoms with Crippen molar-refractivity contribution in [3.8, 4) is 5.75 Å². The monoisotopic (exact) mass is 256 g/mol. The van der Waals surface area contributed by atoms with E-state index in [0.29, 0.717) is 23.7 Å². The third-order valence-corrected chi connectivity index (χ3v) is 2.87. The Morgan fingerprint density at radius 2 is 2.18 bits per heavy atom. The zero-order valence-electron chi connectivity index (χ0n) is 10.5. The van der Waals surface area contributed by atoms with Crippen LogP contribution >= 0.6 is 0 Å². The van der Waals surface area contributed by atoms with Gasteiger partial charge in [0.05, 0.1) is 11.8 Å². The van der Waals surface area contributed by atoms with Gasteiger partial charge in [0.2, 0.25) is 0 Å². The third kappa shape index (κ3) is 5.08. The first-order chi connectivity index (χ1) is 7.99. The van der Waals surface area contributed by atoms with Crippen LogP contribution in [-0.2, 0) is 10.8 Å². The van der Waals surface area contributed by atoms with E-state index in [1.165, 1.54) is 0 Å². The van der Waals surface area contributed by atoms with Crippen LogP contribution in [0.25, 0.3) is 0 Å². The molecule has 1 rings (SSSR count). The maximum atomic E-state index is 10.9. The molecule has 0 saturated carbocycles. The largest absolute Gasteiger partial charge is 0.489 e. The Morgan fingerprint density at radius 1 is 1.47 bits per heavy atom. The third-order valence-electron chi connectivity index (χ3n) is 2.09. The number of nitrogens with two attached hydrogens (primary N) is 1. The van der Waals surface area contributed by atoms with Crippen molar-refractivity contribution in [3.05, 3.63) is 18.2 Å². The smallest absolute Gasteiger partial charge is 0.144 e. The summed E-state index contributed by atoms with van der Waals surface area (Å²) in [5, 5.41) is 3.19. The van der Waals surface area contributed by atoms with Crippen molar-refractivity contribution in [2.45, 2.75) is 20.0 Å². The molecule has 0 aliphatic heterocycles. The van der Waals surface area contributed by atoms with Crippen LogP contribution in [0.15, 0.2) is 18.2 Å². The minimum atomic E-state index is -0.777. The summed E-state index contributed by atoms with van der Waals surface area (Å²) in [6.45, 7) is 4.59. The predicted molar refractivity (Wildman–Crippen MR) is 74.0 cm³/mol. The molecule has 0 spiro atoms. The number of nitrogens with one attached hydrogen (secondary N) is 1. The molecule has 1 atom stereocenters. The number of anilines is 2. The van der Waals surface area contributed by atoms with Crippen molar-refractivity contribution in [1.82, 2.24) is 0 Å². The highest BCUT2D eigenvalue weighted by molar-refractivity contribution is 7.84. The normalized spacial score (nSPS) is 12.5. The number of rotatable bonds is 6. The van der Waals surface area contributed by atoms with Crippen LogP contribution in [0.1, 0.15) is 13.8 Å². The lowest BCUT2D eigenvalue weighted by molar-refractivity contribution is 0.244. The van der Waals surface area contributed by atoms with Gasteiger partial charge >= 0.3 is 0 Å². The zero-order valence-corrected chi connectivity index (χ0v) is 11.3. The second-order valence-corrected chi connectivity index (χ2v) is 5.68. The molecule has 96 valence electrons. The first-order valence-corrected chi connectivity index (χ1v) is 7.32. The molecular weight excluding hydrogens is 236 g/mol. The van der Waals surface area contributed by atoms with E-state index in [0.717, 1.165) is 5.69 Å². The van der Waals surface area contributed by atoms with Crippen molar-refractivity contribution >= 4 is 22.2 Å². The molecule has 0 heterocycles. The highest BCUT2D eigenvalue weighted by Gasteiger charge is 2.04. The molecule has 1 aromatic carbocycles. The molecule has 17 heavy (non-hydrogen) atoms. The van der Waals surface area contributed by atoms with Gasteiger partial charge in [0.25, 0.3) is 0 Å². The fourth-order valence-electron chi connectivity index (χ4n) is 1.34. The fourth-order valence-corrected chi connectivity index (χ4v) is 1.73. The Bertz CT molecular complexity index is 394. The highest BCUT2D eigenvalue weighted by Crippen LogP contribution is 2.26. The molecule has 0 bridgehead atoms. The van der Waals surface area contributed by atoms with Crippen LogP contribution in [0.4, 0.5) is 11.4 Å². The van der Waals surface area contributed by atoms with Gasteiger partial charge in [-0.2, -0.15) is 0 Å². The van der Waals surface area contributed by atoms with Crippen LogP contribution in [0.3, 0.4) is 0 Å². The van der Waals surface area contributed by atoms with Gasteiger partial charge in [0.1, 0.15) is 5.75 Å². The van der Waals surface area contributed by atoms with Crippen molar-refractivity contribution in [3.63, 3.8) is 0 Å². The summed E-state index contributed by atoms with van der Waals surface area (Å²) in [6.07, 6.45) is 1.79. The number of benzene rings is 1. The van der Waals surface area contributed by atoms with Gasteiger partial charge in [-0.1, -0.05) is 0 Å². The van der Waals surface area contributed by atoms with E-state index < -0.39 is 10.8 Å². The first-order valence-electron chi connectivity index (χ1n) is 5.59. The van der Waals surface area contributed by atoms with Crippen LogP contribution in [0, 0.1) is 0 Å². The van der Waals surface area contributed by atoms with E-state index >= 15 is 0 Å². The summed E-state index contributed by atoms with van der Waals surface area (Å²) < 4.78 is 16.5. The van der Waals surface area contributed by atoms with Crippen molar-refractivity contribution in [1.29, 1.82) is 0 Å². The summed E-state index contributed by atoms with van der Waals surface area (Å²) in [4.78, 5) is 0. The zero-order chi connectivity index (χ0) is 12.8. The Labute approximate surface area is 105 Å². The second-order valence-electron chi connectivity index (χ2n) is 4.12. The van der Waals surface area contributed by atoms with Crippen LogP contribution in [-0.4, -0.2) is 28.9 Å². The molecule has 0 aliphatic rings. The number of hydrogen-bond acceptors (Lipinski definition) is 4. The van der Waals surface area contributed by atoms with E-state index in [2.05, 4.69) is 5.32 Å². The molecule has 5 heteroatoms. The summed E-state index contributed by atoms with van der Waals surface area (Å²) in [6, 6.07) is 5.57. The van der Waals surface area contributed by atoms with Gasteiger partial charge < -0.3 is 15.8 Å². The minimum Gasteiger partial charge on any atom is -0.489 e. The molecule has 1 unspecified atom stereocenters. The highest BCUT2D eigenvalue weighted by atomic mass is 32.2. The Hall–Kier alpha value is -1.23. The Kier molecular flexibility index (Phi) is 5.28. The van der Waals surface area contributed by atoms with Gasteiger partial charge in [0, 0.05) is 41.1 Å². The van der Waals surface area contributed by atoms with Crippen molar-refractivity contribution in [2.24, 2.45) is 0 Å². The lowest BCUT2D eigenvalue weighted by Gasteiger charge is -2.14. The molecule has 0 radical (unpaired) electrons. The van der Waals surface area contributed by atoms with Crippen molar-refractivity contribution < 1.29 is 8.95 Å². The minimum absolute atomic E-state index is 0.0932. The topological polar surface area (TPSA) is 64.3 Å². The molecule has 0 fully saturated rings. The molecule has 0 aromatic heterocycles. The molecule has 4 nitrogen and oxygen atoms in total. The first kappa shape index (κ1) is 13.8. The molecule has 1 aromatic rings. The van der Waals surface area contributed by atoms with E-state index in [4.69, 9.17) is 10.5 Å².